The van der Waals surface area contributed by atoms with Gasteiger partial charge in [0, 0.05) is 5.56 Å². The lowest BCUT2D eigenvalue weighted by Crippen LogP contribution is -2.22. The molecule has 1 unspecified atom stereocenters. The highest BCUT2D eigenvalue weighted by Crippen LogP contribution is 2.33. The fraction of sp³-hybridized carbons (Fsp3) is 0.182. The van der Waals surface area contributed by atoms with Crippen molar-refractivity contribution in [1.29, 1.82) is 0 Å². The number of nitrogens with two attached hydrogens (primary N) is 2. The van der Waals surface area contributed by atoms with E-state index in [0.717, 1.165) is 11.1 Å². The first-order chi connectivity index (χ1) is 12.9. The van der Waals surface area contributed by atoms with Gasteiger partial charge in [-0.1, -0.05) is 48.6 Å². The monoisotopic (exact) mass is 364 g/mol. The largest absolute Gasteiger partial charge is 0.480 e. The van der Waals surface area contributed by atoms with Gasteiger partial charge in [0.05, 0.1) is 6.54 Å². The quantitative estimate of drug-likeness (QED) is 0.468. The molecule has 0 fully saturated rings. The van der Waals surface area contributed by atoms with Gasteiger partial charge in [-0.05, 0) is 40.7 Å². The molecule has 0 amide bonds. The summed E-state index contributed by atoms with van der Waals surface area (Å²) in [7, 11) is 0. The van der Waals surface area contributed by atoms with E-state index in [1.54, 1.807) is 24.3 Å². The van der Waals surface area contributed by atoms with Gasteiger partial charge < -0.3 is 16.6 Å². The number of rotatable bonds is 9. The third kappa shape index (κ3) is 4.58. The first-order valence-electron chi connectivity index (χ1n) is 8.62. The summed E-state index contributed by atoms with van der Waals surface area (Å²) in [6.07, 6.45) is 4.76. The number of allylic oxidation sites excluding steroid dienone is 2. The van der Waals surface area contributed by atoms with Gasteiger partial charge in [-0.15, -0.1) is 13.2 Å². The Bertz CT molecular complexity index is 887. The predicted molar refractivity (Wildman–Crippen MR) is 108 cm³/mol. The number of carbonyl (C=O) groups excluding carboxylic acids is 1. The Kier molecular flexibility index (Phi) is 6.82. The van der Waals surface area contributed by atoms with E-state index in [4.69, 9.17) is 11.5 Å². The van der Waals surface area contributed by atoms with Crippen LogP contribution in [0.25, 0.3) is 11.1 Å². The summed E-state index contributed by atoms with van der Waals surface area (Å²) in [5.41, 5.74) is 15.5. The molecule has 0 radical (unpaired) electrons. The standard InChI is InChI=1S/C22H24N2O3/c1-3-5-14-7-9-16(20(25)13-23)18(11-14)19-12-15(6-4-2)8-10-17(19)21(24)22(26)27/h3-4,7-12,21H,1-2,5-6,13,23-24H2,(H,26,27). The van der Waals surface area contributed by atoms with Crippen molar-refractivity contribution in [2.45, 2.75) is 18.9 Å². The van der Waals surface area contributed by atoms with Gasteiger partial charge >= 0.3 is 5.97 Å². The van der Waals surface area contributed by atoms with E-state index < -0.39 is 12.0 Å². The molecular weight excluding hydrogens is 340 g/mol. The van der Waals surface area contributed by atoms with Gasteiger partial charge in [0.15, 0.2) is 5.78 Å². The Morgan fingerprint density at radius 1 is 1.00 bits per heavy atom. The molecule has 0 aromatic heterocycles. The van der Waals surface area contributed by atoms with Crippen molar-refractivity contribution in [3.05, 3.63) is 84.0 Å². The number of ketones is 1. The van der Waals surface area contributed by atoms with Crippen molar-refractivity contribution in [1.82, 2.24) is 0 Å². The molecule has 2 aromatic carbocycles. The molecule has 0 heterocycles. The lowest BCUT2D eigenvalue weighted by atomic mass is 9.87. The number of Topliss-reactive ketones (excluding diaryl/α,β-unsaturated/α-hetero) is 1. The maximum absolute atomic E-state index is 12.4. The first-order valence-corrected chi connectivity index (χ1v) is 8.62. The van der Waals surface area contributed by atoms with Gasteiger partial charge in [-0.3, -0.25) is 9.59 Å². The molecule has 5 N–H and O–H groups in total. The van der Waals surface area contributed by atoms with Crippen LogP contribution in [-0.4, -0.2) is 23.4 Å². The fourth-order valence-corrected chi connectivity index (χ4v) is 3.00. The lowest BCUT2D eigenvalue weighted by Gasteiger charge is -2.18. The third-order valence-electron chi connectivity index (χ3n) is 4.34. The zero-order chi connectivity index (χ0) is 20.0. The highest BCUT2D eigenvalue weighted by molar-refractivity contribution is 6.04. The Morgan fingerprint density at radius 3 is 2.07 bits per heavy atom. The minimum atomic E-state index is -1.21. The maximum Gasteiger partial charge on any atom is 0.325 e. The van der Waals surface area contributed by atoms with E-state index in [2.05, 4.69) is 13.2 Å². The van der Waals surface area contributed by atoms with Crippen LogP contribution in [0.1, 0.15) is 33.1 Å². The van der Waals surface area contributed by atoms with Crippen LogP contribution in [0.5, 0.6) is 0 Å². The Hall–Kier alpha value is -3.02. The van der Waals surface area contributed by atoms with Gasteiger partial charge in [0.1, 0.15) is 6.04 Å². The van der Waals surface area contributed by atoms with E-state index >= 15 is 0 Å². The van der Waals surface area contributed by atoms with Gasteiger partial charge in [-0.25, -0.2) is 0 Å². The zero-order valence-electron chi connectivity index (χ0n) is 15.2. The molecule has 5 nitrogen and oxygen atoms in total. The van der Waals surface area contributed by atoms with Gasteiger partial charge in [0.2, 0.25) is 0 Å². The number of hydrogen-bond donors (Lipinski definition) is 3. The third-order valence-corrected chi connectivity index (χ3v) is 4.34. The predicted octanol–water partition coefficient (Wildman–Crippen LogP) is 3.04. The number of carboxylic acid groups (broad SMARTS) is 1. The lowest BCUT2D eigenvalue weighted by molar-refractivity contribution is -0.138. The van der Waals surface area contributed by atoms with Crippen LogP contribution >= 0.6 is 0 Å². The maximum atomic E-state index is 12.4. The van der Waals surface area contributed by atoms with Gasteiger partial charge in [0.25, 0.3) is 0 Å². The highest BCUT2D eigenvalue weighted by atomic mass is 16.4. The summed E-state index contributed by atoms with van der Waals surface area (Å²) < 4.78 is 0. The van der Waals surface area contributed by atoms with Crippen LogP contribution in [0.15, 0.2) is 61.7 Å². The minimum absolute atomic E-state index is 0.138. The van der Waals surface area contributed by atoms with Crippen LogP contribution < -0.4 is 11.5 Å². The molecule has 2 rings (SSSR count). The minimum Gasteiger partial charge on any atom is -0.480 e. The van der Waals surface area contributed by atoms with Crippen molar-refractivity contribution in [2.24, 2.45) is 11.5 Å². The Morgan fingerprint density at radius 2 is 1.56 bits per heavy atom. The van der Waals surface area contributed by atoms with Crippen molar-refractivity contribution in [3.63, 3.8) is 0 Å². The molecule has 5 heteroatoms. The Balaban J connectivity index is 2.79. The van der Waals surface area contributed by atoms with Crippen LogP contribution in [0.2, 0.25) is 0 Å². The normalized spacial score (nSPS) is 11.6. The second-order valence-electron chi connectivity index (χ2n) is 6.23. The molecule has 0 bridgehead atoms. The average Bonchev–Trinajstić information content (AvgIpc) is 2.67. The summed E-state index contributed by atoms with van der Waals surface area (Å²) in [4.78, 5) is 23.9. The van der Waals surface area contributed by atoms with E-state index in [0.29, 0.717) is 35.1 Å². The second-order valence-corrected chi connectivity index (χ2v) is 6.23. The zero-order valence-corrected chi connectivity index (χ0v) is 15.2. The molecule has 0 aliphatic heterocycles. The second kappa shape index (κ2) is 9.07. The number of hydrogen-bond acceptors (Lipinski definition) is 4. The van der Waals surface area contributed by atoms with Crippen LogP contribution in [-0.2, 0) is 17.6 Å². The van der Waals surface area contributed by atoms with Crippen molar-refractivity contribution in [3.8, 4) is 11.1 Å². The SMILES string of the molecule is C=CCc1ccc(C(=O)CN)c(-c2cc(CC=C)ccc2C(N)C(=O)O)c1. The van der Waals surface area contributed by atoms with E-state index in [1.807, 2.05) is 24.3 Å². The molecule has 27 heavy (non-hydrogen) atoms. The van der Waals surface area contributed by atoms with E-state index in [-0.39, 0.29) is 12.3 Å². The molecule has 2 aromatic rings. The fourth-order valence-electron chi connectivity index (χ4n) is 3.00. The first kappa shape index (κ1) is 20.3. The van der Waals surface area contributed by atoms with Crippen LogP contribution in [0, 0.1) is 0 Å². The smallest absolute Gasteiger partial charge is 0.325 e. The summed E-state index contributed by atoms with van der Waals surface area (Å²) in [6.45, 7) is 7.35. The summed E-state index contributed by atoms with van der Waals surface area (Å²) in [6, 6.07) is 9.61. The van der Waals surface area contributed by atoms with Crippen LogP contribution in [0.4, 0.5) is 0 Å². The molecule has 0 aliphatic carbocycles. The average molecular weight is 364 g/mol. The number of carbonyl (C=O) groups is 2. The number of benzene rings is 2. The molecule has 0 saturated carbocycles. The summed E-state index contributed by atoms with van der Waals surface area (Å²) in [5.74, 6) is -1.36. The number of carboxylic acids is 1. The number of aliphatic carboxylic acids is 1. The van der Waals surface area contributed by atoms with Crippen LogP contribution in [0.3, 0.4) is 0 Å². The topological polar surface area (TPSA) is 106 Å². The molecule has 0 aliphatic rings. The Labute approximate surface area is 159 Å². The molecular formula is C22H24N2O3. The molecule has 140 valence electrons. The van der Waals surface area contributed by atoms with Crippen molar-refractivity contribution >= 4 is 11.8 Å². The molecule has 0 saturated heterocycles. The van der Waals surface area contributed by atoms with E-state index in [1.165, 1.54) is 0 Å². The van der Waals surface area contributed by atoms with Crippen molar-refractivity contribution in [2.75, 3.05) is 6.54 Å². The van der Waals surface area contributed by atoms with Crippen molar-refractivity contribution < 1.29 is 14.7 Å². The van der Waals surface area contributed by atoms with E-state index in [9.17, 15) is 14.7 Å². The van der Waals surface area contributed by atoms with Gasteiger partial charge in [-0.2, -0.15) is 0 Å². The summed E-state index contributed by atoms with van der Waals surface area (Å²) in [5, 5.41) is 9.40. The highest BCUT2D eigenvalue weighted by Gasteiger charge is 2.22. The molecule has 1 atom stereocenters. The summed E-state index contributed by atoms with van der Waals surface area (Å²) >= 11 is 0. The molecule has 0 spiro atoms.